The van der Waals surface area contributed by atoms with E-state index in [1.807, 2.05) is 11.0 Å². The summed E-state index contributed by atoms with van der Waals surface area (Å²) in [4.78, 5) is 17.0. The van der Waals surface area contributed by atoms with Gasteiger partial charge in [0, 0.05) is 24.8 Å². The first-order valence-corrected chi connectivity index (χ1v) is 8.01. The first-order chi connectivity index (χ1) is 10.2. The predicted octanol–water partition coefficient (Wildman–Crippen LogP) is 2.06. The quantitative estimate of drug-likeness (QED) is 0.926. The van der Waals surface area contributed by atoms with Crippen molar-refractivity contribution in [2.75, 3.05) is 31.1 Å². The van der Waals surface area contributed by atoms with E-state index in [-0.39, 0.29) is 18.3 Å². The van der Waals surface area contributed by atoms with Gasteiger partial charge in [-0.1, -0.05) is 18.2 Å². The fraction of sp³-hybridized carbons (Fsp3) is 0.588. The number of amides is 1. The van der Waals surface area contributed by atoms with E-state index in [0.29, 0.717) is 18.5 Å². The van der Waals surface area contributed by atoms with Crippen LogP contribution in [0.15, 0.2) is 24.3 Å². The van der Waals surface area contributed by atoms with E-state index in [0.717, 1.165) is 44.6 Å². The number of nitrogens with zero attached hydrogens (tertiary/aromatic N) is 2. The first-order valence-electron chi connectivity index (χ1n) is 8.01. The first kappa shape index (κ1) is 17.3. The van der Waals surface area contributed by atoms with E-state index in [2.05, 4.69) is 30.0 Å². The number of carbonyl (C=O) groups is 1. The van der Waals surface area contributed by atoms with Gasteiger partial charge in [-0.25, -0.2) is 0 Å². The molecule has 2 aliphatic heterocycles. The van der Waals surface area contributed by atoms with Crippen LogP contribution in [0.5, 0.6) is 0 Å². The minimum absolute atomic E-state index is 0. The fourth-order valence-corrected chi connectivity index (χ4v) is 3.66. The Bertz CT molecular complexity index is 522. The SMILES string of the molecule is CC1CC(CN)CN1CC(=O)N1CCCc2ccccc21.Cl. The van der Waals surface area contributed by atoms with E-state index in [1.165, 1.54) is 5.56 Å². The van der Waals surface area contributed by atoms with Crippen LogP contribution >= 0.6 is 12.4 Å². The normalized spacial score (nSPS) is 24.7. The summed E-state index contributed by atoms with van der Waals surface area (Å²) in [6, 6.07) is 8.75. The maximum Gasteiger partial charge on any atom is 0.241 e. The van der Waals surface area contributed by atoms with Crippen LogP contribution in [0.1, 0.15) is 25.3 Å². The Balaban J connectivity index is 0.00000176. The largest absolute Gasteiger partial charge is 0.330 e. The number of aryl methyl sites for hydroxylation is 1. The van der Waals surface area contributed by atoms with E-state index in [4.69, 9.17) is 5.73 Å². The van der Waals surface area contributed by atoms with Crippen molar-refractivity contribution in [3.63, 3.8) is 0 Å². The van der Waals surface area contributed by atoms with Crippen molar-refractivity contribution < 1.29 is 4.79 Å². The van der Waals surface area contributed by atoms with Gasteiger partial charge in [-0.3, -0.25) is 9.69 Å². The van der Waals surface area contributed by atoms with Crippen molar-refractivity contribution in [1.29, 1.82) is 0 Å². The van der Waals surface area contributed by atoms with Crippen LogP contribution in [0.3, 0.4) is 0 Å². The average Bonchev–Trinajstić information content (AvgIpc) is 2.87. The van der Waals surface area contributed by atoms with Gasteiger partial charge in [0.2, 0.25) is 5.91 Å². The van der Waals surface area contributed by atoms with Crippen molar-refractivity contribution in [3.05, 3.63) is 29.8 Å². The summed E-state index contributed by atoms with van der Waals surface area (Å²) in [5.41, 5.74) is 8.18. The summed E-state index contributed by atoms with van der Waals surface area (Å²) < 4.78 is 0. The molecule has 1 saturated heterocycles. The van der Waals surface area contributed by atoms with Crippen LogP contribution in [0.4, 0.5) is 5.69 Å². The number of likely N-dealkylation sites (tertiary alicyclic amines) is 1. The molecule has 1 aromatic rings. The van der Waals surface area contributed by atoms with Crippen molar-refractivity contribution in [3.8, 4) is 0 Å². The lowest BCUT2D eigenvalue weighted by molar-refractivity contribution is -0.120. The van der Waals surface area contributed by atoms with Crippen molar-refractivity contribution in [1.82, 2.24) is 4.90 Å². The molecule has 5 heteroatoms. The van der Waals surface area contributed by atoms with Gasteiger partial charge in [-0.15, -0.1) is 12.4 Å². The van der Waals surface area contributed by atoms with Gasteiger partial charge in [0.05, 0.1) is 6.54 Å². The predicted molar refractivity (Wildman–Crippen MR) is 92.6 cm³/mol. The number of hydrogen-bond donors (Lipinski definition) is 1. The monoisotopic (exact) mass is 323 g/mol. The molecule has 0 radical (unpaired) electrons. The minimum Gasteiger partial charge on any atom is -0.330 e. The standard InChI is InChI=1S/C17H25N3O.ClH/c1-13-9-14(10-18)11-19(13)12-17(21)20-8-4-6-15-5-2-3-7-16(15)20;/h2-3,5,7,13-14H,4,6,8-12,18H2,1H3;1H. The van der Waals surface area contributed by atoms with Gasteiger partial charge < -0.3 is 10.6 Å². The van der Waals surface area contributed by atoms with E-state index < -0.39 is 0 Å². The summed E-state index contributed by atoms with van der Waals surface area (Å²) >= 11 is 0. The van der Waals surface area contributed by atoms with Crippen LogP contribution in [0.25, 0.3) is 0 Å². The second kappa shape index (κ2) is 7.44. The average molecular weight is 324 g/mol. The van der Waals surface area contributed by atoms with Crippen molar-refractivity contribution in [2.24, 2.45) is 11.7 Å². The molecule has 2 N–H and O–H groups in total. The number of para-hydroxylation sites is 1. The number of benzene rings is 1. The lowest BCUT2D eigenvalue weighted by Crippen LogP contribution is -2.43. The molecule has 1 fully saturated rings. The number of halogens is 1. The molecule has 2 atom stereocenters. The molecule has 0 aliphatic carbocycles. The third-order valence-corrected chi connectivity index (χ3v) is 4.87. The van der Waals surface area contributed by atoms with Crippen LogP contribution in [0, 0.1) is 5.92 Å². The molecule has 122 valence electrons. The number of rotatable bonds is 3. The van der Waals surface area contributed by atoms with Crippen LogP contribution in [-0.2, 0) is 11.2 Å². The van der Waals surface area contributed by atoms with Gasteiger partial charge in [0.15, 0.2) is 0 Å². The van der Waals surface area contributed by atoms with E-state index >= 15 is 0 Å². The van der Waals surface area contributed by atoms with Crippen LogP contribution in [0.2, 0.25) is 0 Å². The van der Waals surface area contributed by atoms with E-state index in [9.17, 15) is 4.79 Å². The summed E-state index contributed by atoms with van der Waals surface area (Å²) in [6.45, 7) is 5.25. The third kappa shape index (κ3) is 3.45. The summed E-state index contributed by atoms with van der Waals surface area (Å²) in [5.74, 6) is 0.771. The molecule has 2 heterocycles. The van der Waals surface area contributed by atoms with Crippen LogP contribution in [-0.4, -0.2) is 43.0 Å². The smallest absolute Gasteiger partial charge is 0.241 e. The maximum absolute atomic E-state index is 12.7. The lowest BCUT2D eigenvalue weighted by Gasteiger charge is -2.31. The van der Waals surface area contributed by atoms with E-state index in [1.54, 1.807) is 0 Å². The van der Waals surface area contributed by atoms with Gasteiger partial charge in [-0.2, -0.15) is 0 Å². The highest BCUT2D eigenvalue weighted by Gasteiger charge is 2.31. The topological polar surface area (TPSA) is 49.6 Å². The molecule has 22 heavy (non-hydrogen) atoms. The molecule has 0 spiro atoms. The van der Waals surface area contributed by atoms with Crippen molar-refractivity contribution >= 4 is 24.0 Å². The van der Waals surface area contributed by atoms with Gasteiger partial charge >= 0.3 is 0 Å². The number of nitrogens with two attached hydrogens (primary N) is 1. The zero-order valence-corrected chi connectivity index (χ0v) is 14.0. The zero-order valence-electron chi connectivity index (χ0n) is 13.2. The Hall–Kier alpha value is -1.10. The number of anilines is 1. The molecule has 0 saturated carbocycles. The second-order valence-electron chi connectivity index (χ2n) is 6.39. The van der Waals surface area contributed by atoms with Gasteiger partial charge in [-0.05, 0) is 50.3 Å². The number of fused-ring (bicyclic) bond motifs is 1. The molecule has 3 rings (SSSR count). The maximum atomic E-state index is 12.7. The fourth-order valence-electron chi connectivity index (χ4n) is 3.66. The zero-order chi connectivity index (χ0) is 14.8. The summed E-state index contributed by atoms with van der Waals surface area (Å²) in [5, 5.41) is 0. The molecular formula is C17H26ClN3O. The Morgan fingerprint density at radius 2 is 2.14 bits per heavy atom. The highest BCUT2D eigenvalue weighted by molar-refractivity contribution is 5.96. The molecule has 2 aliphatic rings. The summed E-state index contributed by atoms with van der Waals surface area (Å²) in [6.07, 6.45) is 3.25. The third-order valence-electron chi connectivity index (χ3n) is 4.87. The highest BCUT2D eigenvalue weighted by Crippen LogP contribution is 2.28. The summed E-state index contributed by atoms with van der Waals surface area (Å²) in [7, 11) is 0. The molecule has 1 aromatic carbocycles. The molecular weight excluding hydrogens is 298 g/mol. The van der Waals surface area contributed by atoms with Gasteiger partial charge in [0.1, 0.15) is 0 Å². The Kier molecular flexibility index (Phi) is 5.84. The second-order valence-corrected chi connectivity index (χ2v) is 6.39. The molecule has 1 amide bonds. The lowest BCUT2D eigenvalue weighted by atomic mass is 10.0. The molecule has 0 aromatic heterocycles. The molecule has 2 unspecified atom stereocenters. The highest BCUT2D eigenvalue weighted by atomic mass is 35.5. The number of carbonyl (C=O) groups excluding carboxylic acids is 1. The molecule has 0 bridgehead atoms. The Morgan fingerprint density at radius 1 is 1.36 bits per heavy atom. The number of hydrogen-bond acceptors (Lipinski definition) is 3. The van der Waals surface area contributed by atoms with Crippen LogP contribution < -0.4 is 10.6 Å². The minimum atomic E-state index is 0. The Morgan fingerprint density at radius 3 is 2.86 bits per heavy atom. The van der Waals surface area contributed by atoms with Crippen molar-refractivity contribution in [2.45, 2.75) is 32.2 Å². The van der Waals surface area contributed by atoms with Gasteiger partial charge in [0.25, 0.3) is 0 Å². The molecule has 4 nitrogen and oxygen atoms in total. The Labute approximate surface area is 139 Å².